The van der Waals surface area contributed by atoms with Crippen LogP contribution >= 0.6 is 0 Å². The zero-order valence-corrected chi connectivity index (χ0v) is 15.2. The van der Waals surface area contributed by atoms with Crippen molar-refractivity contribution in [1.82, 2.24) is 10.3 Å². The molecule has 7 nitrogen and oxygen atoms in total. The van der Waals surface area contributed by atoms with Gasteiger partial charge in [0.15, 0.2) is 0 Å². The van der Waals surface area contributed by atoms with Crippen LogP contribution in [0.2, 0.25) is 0 Å². The van der Waals surface area contributed by atoms with E-state index in [1.54, 1.807) is 6.26 Å². The molecular weight excluding hydrogens is 324 g/mol. The van der Waals surface area contributed by atoms with E-state index in [-0.39, 0.29) is 29.9 Å². The van der Waals surface area contributed by atoms with Crippen molar-refractivity contribution in [3.63, 3.8) is 0 Å². The average molecular weight is 352 g/mol. The Morgan fingerprint density at radius 1 is 1.36 bits per heavy atom. The third-order valence-electron chi connectivity index (χ3n) is 4.36. The number of nitrogens with one attached hydrogen (secondary N) is 1. The van der Waals surface area contributed by atoms with Crippen LogP contribution < -0.4 is 5.32 Å². The molecule has 1 aromatic heterocycles. The second-order valence-electron chi connectivity index (χ2n) is 7.23. The smallest absolute Gasteiger partial charge is 0.303 e. The number of hydrogen-bond donors (Lipinski definition) is 2. The Bertz CT molecular complexity index is 596. The highest BCUT2D eigenvalue weighted by Gasteiger charge is 2.34. The summed E-state index contributed by atoms with van der Waals surface area (Å²) in [5, 5.41) is 11.9. The van der Waals surface area contributed by atoms with Crippen LogP contribution in [-0.4, -0.2) is 34.2 Å². The molecule has 0 aliphatic carbocycles. The SMILES string of the molecule is CC(CC(=O)CCCCCC(=O)O)c1coc(C2COC(C)(C)N2)n1. The van der Waals surface area contributed by atoms with Gasteiger partial charge >= 0.3 is 5.97 Å². The van der Waals surface area contributed by atoms with E-state index in [9.17, 15) is 9.59 Å². The molecule has 2 heterocycles. The number of aromatic nitrogens is 1. The fraction of sp³-hybridized carbons (Fsp3) is 0.722. The number of carbonyl (C=O) groups excluding carboxylic acids is 1. The molecule has 2 atom stereocenters. The molecule has 2 N–H and O–H groups in total. The van der Waals surface area contributed by atoms with Gasteiger partial charge in [-0.25, -0.2) is 4.98 Å². The van der Waals surface area contributed by atoms with Crippen LogP contribution in [-0.2, 0) is 14.3 Å². The number of carboxylic acid groups (broad SMARTS) is 1. The fourth-order valence-electron chi connectivity index (χ4n) is 2.94. The molecule has 1 saturated heterocycles. The van der Waals surface area contributed by atoms with Gasteiger partial charge in [0.1, 0.15) is 23.8 Å². The summed E-state index contributed by atoms with van der Waals surface area (Å²) in [4.78, 5) is 27.0. The van der Waals surface area contributed by atoms with Gasteiger partial charge in [-0.3, -0.25) is 14.9 Å². The first kappa shape index (κ1) is 19.6. The number of rotatable bonds is 10. The number of aliphatic carboxylic acids is 1. The minimum absolute atomic E-state index is 0.000601. The van der Waals surface area contributed by atoms with Gasteiger partial charge in [-0.15, -0.1) is 0 Å². The number of carboxylic acids is 1. The summed E-state index contributed by atoms with van der Waals surface area (Å²) >= 11 is 0. The summed E-state index contributed by atoms with van der Waals surface area (Å²) in [5.74, 6) is -0.0175. The normalized spacial score (nSPS) is 20.5. The number of ether oxygens (including phenoxy) is 1. The molecule has 0 bridgehead atoms. The monoisotopic (exact) mass is 352 g/mol. The molecule has 1 aliphatic heterocycles. The van der Waals surface area contributed by atoms with Gasteiger partial charge in [0.05, 0.1) is 12.3 Å². The van der Waals surface area contributed by atoms with Crippen LogP contribution in [0.1, 0.15) is 82.8 Å². The molecule has 0 radical (unpaired) electrons. The molecule has 0 spiro atoms. The standard InChI is InChI=1S/C18H28N2O5/c1-12(9-13(21)7-5-4-6-8-16(22)23)14-10-24-17(19-14)15-11-25-18(2,3)20-15/h10,12,15,20H,4-9,11H2,1-3H3,(H,22,23). The summed E-state index contributed by atoms with van der Waals surface area (Å²) in [6, 6.07) is -0.0686. The van der Waals surface area contributed by atoms with Gasteiger partial charge in [-0.1, -0.05) is 13.3 Å². The topological polar surface area (TPSA) is 102 Å². The number of Topliss-reactive ketones (excluding diaryl/α,β-unsaturated/α-hetero) is 1. The first-order chi connectivity index (χ1) is 11.8. The minimum atomic E-state index is -0.785. The molecule has 25 heavy (non-hydrogen) atoms. The van der Waals surface area contributed by atoms with Crippen molar-refractivity contribution in [2.45, 2.75) is 77.0 Å². The first-order valence-electron chi connectivity index (χ1n) is 8.87. The van der Waals surface area contributed by atoms with Crippen molar-refractivity contribution in [3.8, 4) is 0 Å². The van der Waals surface area contributed by atoms with E-state index >= 15 is 0 Å². The van der Waals surface area contributed by atoms with Crippen LogP contribution in [0.4, 0.5) is 0 Å². The first-order valence-corrected chi connectivity index (χ1v) is 8.87. The van der Waals surface area contributed by atoms with E-state index < -0.39 is 5.97 Å². The van der Waals surface area contributed by atoms with Gasteiger partial charge in [0.25, 0.3) is 0 Å². The van der Waals surface area contributed by atoms with Gasteiger partial charge in [0.2, 0.25) is 5.89 Å². The van der Waals surface area contributed by atoms with E-state index in [0.717, 1.165) is 18.5 Å². The van der Waals surface area contributed by atoms with E-state index in [0.29, 0.717) is 31.8 Å². The zero-order valence-electron chi connectivity index (χ0n) is 15.2. The van der Waals surface area contributed by atoms with Crippen LogP contribution in [0.25, 0.3) is 0 Å². The summed E-state index contributed by atoms with van der Waals surface area (Å²) in [5.41, 5.74) is 0.391. The number of unbranched alkanes of at least 4 members (excludes halogenated alkanes) is 2. The maximum absolute atomic E-state index is 12.1. The van der Waals surface area contributed by atoms with Crippen molar-refractivity contribution in [2.75, 3.05) is 6.61 Å². The molecule has 140 valence electrons. The lowest BCUT2D eigenvalue weighted by Crippen LogP contribution is -2.34. The Morgan fingerprint density at radius 2 is 2.08 bits per heavy atom. The largest absolute Gasteiger partial charge is 0.481 e. The lowest BCUT2D eigenvalue weighted by atomic mass is 9.98. The lowest BCUT2D eigenvalue weighted by molar-refractivity contribution is -0.137. The van der Waals surface area contributed by atoms with Crippen LogP contribution in [0.5, 0.6) is 0 Å². The van der Waals surface area contributed by atoms with Crippen molar-refractivity contribution in [1.29, 1.82) is 0 Å². The second kappa shape index (κ2) is 8.58. The Hall–Kier alpha value is -1.73. The van der Waals surface area contributed by atoms with Crippen LogP contribution in [0.3, 0.4) is 0 Å². The van der Waals surface area contributed by atoms with Crippen LogP contribution in [0, 0.1) is 0 Å². The van der Waals surface area contributed by atoms with E-state index in [4.69, 9.17) is 14.3 Å². The summed E-state index contributed by atoms with van der Waals surface area (Å²) in [6.07, 6.45) is 4.82. The molecule has 7 heteroatoms. The van der Waals surface area contributed by atoms with Crippen molar-refractivity contribution in [2.24, 2.45) is 0 Å². The zero-order chi connectivity index (χ0) is 18.4. The van der Waals surface area contributed by atoms with Gasteiger partial charge in [-0.2, -0.15) is 0 Å². The molecule has 2 unspecified atom stereocenters. The predicted octanol–water partition coefficient (Wildman–Crippen LogP) is 3.17. The summed E-state index contributed by atoms with van der Waals surface area (Å²) in [7, 11) is 0. The minimum Gasteiger partial charge on any atom is -0.481 e. The predicted molar refractivity (Wildman–Crippen MR) is 91.2 cm³/mol. The highest BCUT2D eigenvalue weighted by atomic mass is 16.5. The van der Waals surface area contributed by atoms with E-state index in [1.807, 2.05) is 20.8 Å². The number of nitrogens with zero attached hydrogens (tertiary/aromatic N) is 1. The Kier molecular flexibility index (Phi) is 6.72. The maximum Gasteiger partial charge on any atom is 0.303 e. The number of ketones is 1. The molecule has 0 amide bonds. The molecular formula is C18H28N2O5. The Labute approximate surface area is 148 Å². The van der Waals surface area contributed by atoms with Gasteiger partial charge in [0, 0.05) is 25.2 Å². The Balaban J connectivity index is 1.74. The van der Waals surface area contributed by atoms with Crippen molar-refractivity contribution < 1.29 is 23.8 Å². The Morgan fingerprint density at radius 3 is 2.72 bits per heavy atom. The maximum atomic E-state index is 12.1. The van der Waals surface area contributed by atoms with E-state index in [2.05, 4.69) is 10.3 Å². The fourth-order valence-corrected chi connectivity index (χ4v) is 2.94. The molecule has 0 aromatic carbocycles. The molecule has 2 rings (SSSR count). The third-order valence-corrected chi connectivity index (χ3v) is 4.36. The van der Waals surface area contributed by atoms with Gasteiger partial charge in [-0.05, 0) is 26.7 Å². The van der Waals surface area contributed by atoms with Crippen LogP contribution in [0.15, 0.2) is 10.7 Å². The van der Waals surface area contributed by atoms with Crippen molar-refractivity contribution in [3.05, 3.63) is 17.8 Å². The van der Waals surface area contributed by atoms with E-state index in [1.165, 1.54) is 0 Å². The molecule has 1 aliphatic rings. The van der Waals surface area contributed by atoms with Gasteiger partial charge < -0.3 is 14.3 Å². The molecule has 0 saturated carbocycles. The highest BCUT2D eigenvalue weighted by Crippen LogP contribution is 2.27. The number of oxazole rings is 1. The third kappa shape index (κ3) is 6.25. The second-order valence-corrected chi connectivity index (χ2v) is 7.23. The average Bonchev–Trinajstić information content (AvgIpc) is 3.13. The molecule has 1 aromatic rings. The highest BCUT2D eigenvalue weighted by molar-refractivity contribution is 5.79. The lowest BCUT2D eigenvalue weighted by Gasteiger charge is -2.16. The van der Waals surface area contributed by atoms with Crippen molar-refractivity contribution >= 4 is 11.8 Å². The quantitative estimate of drug-likeness (QED) is 0.624. The number of carbonyl (C=O) groups is 2. The summed E-state index contributed by atoms with van der Waals surface area (Å²) < 4.78 is 11.2. The molecule has 1 fully saturated rings. The summed E-state index contributed by atoms with van der Waals surface area (Å²) in [6.45, 7) is 6.38. The number of hydrogen-bond acceptors (Lipinski definition) is 6.